The van der Waals surface area contributed by atoms with Gasteiger partial charge in [-0.25, -0.2) is 4.39 Å². The van der Waals surface area contributed by atoms with E-state index in [1.165, 1.54) is 24.3 Å². The number of anilines is 1. The number of benzene rings is 1. The Hall–Kier alpha value is -1.58. The Kier molecular flexibility index (Phi) is 4.09. The number of halogens is 1. The molecule has 3 saturated heterocycles. The topological polar surface area (TPSA) is 75.3 Å². The van der Waals surface area contributed by atoms with Gasteiger partial charge in [0.2, 0.25) is 0 Å². The first-order chi connectivity index (χ1) is 12.1. The summed E-state index contributed by atoms with van der Waals surface area (Å²) >= 11 is 0. The van der Waals surface area contributed by atoms with Crippen molar-refractivity contribution in [2.45, 2.75) is 70.0 Å². The normalized spacial score (nSPS) is 37.0. The van der Waals surface area contributed by atoms with Crippen LogP contribution in [0.2, 0.25) is 0 Å². The molecule has 26 heavy (non-hydrogen) atoms. The Labute approximate surface area is 150 Å². The van der Waals surface area contributed by atoms with E-state index in [0.717, 1.165) is 0 Å². The van der Waals surface area contributed by atoms with E-state index in [0.29, 0.717) is 5.69 Å². The molecule has 5 atom stereocenters. The van der Waals surface area contributed by atoms with Crippen LogP contribution in [0.4, 0.5) is 10.1 Å². The molecule has 0 unspecified atom stereocenters. The van der Waals surface area contributed by atoms with Gasteiger partial charge in [0.15, 0.2) is 24.0 Å². The van der Waals surface area contributed by atoms with E-state index >= 15 is 0 Å². The van der Waals surface area contributed by atoms with E-state index in [1.807, 2.05) is 0 Å². The summed E-state index contributed by atoms with van der Waals surface area (Å²) in [5, 5.41) is 2.72. The van der Waals surface area contributed by atoms with Gasteiger partial charge in [0.1, 0.15) is 24.1 Å². The van der Waals surface area contributed by atoms with E-state index in [1.54, 1.807) is 27.7 Å². The van der Waals surface area contributed by atoms with E-state index in [-0.39, 0.29) is 5.82 Å². The molecule has 0 bridgehead atoms. The van der Waals surface area contributed by atoms with E-state index in [9.17, 15) is 9.18 Å². The summed E-state index contributed by atoms with van der Waals surface area (Å²) in [5.41, 5.74) is 0.459. The van der Waals surface area contributed by atoms with Crippen molar-refractivity contribution >= 4 is 11.6 Å². The van der Waals surface area contributed by atoms with Crippen LogP contribution in [0.15, 0.2) is 24.3 Å². The van der Waals surface area contributed by atoms with Crippen LogP contribution in [0.3, 0.4) is 0 Å². The number of carbonyl (C=O) groups excluding carboxylic acids is 1. The number of ether oxygens (including phenoxy) is 5. The summed E-state index contributed by atoms with van der Waals surface area (Å²) in [6, 6.07) is 5.49. The van der Waals surface area contributed by atoms with Crippen molar-refractivity contribution in [1.29, 1.82) is 0 Å². The Morgan fingerprint density at radius 2 is 1.50 bits per heavy atom. The van der Waals surface area contributed by atoms with Crippen LogP contribution in [0.5, 0.6) is 0 Å². The Bertz CT molecular complexity index is 706. The van der Waals surface area contributed by atoms with Crippen LogP contribution in [0, 0.1) is 5.82 Å². The molecule has 0 aliphatic carbocycles. The van der Waals surface area contributed by atoms with Gasteiger partial charge in [-0.15, -0.1) is 0 Å². The summed E-state index contributed by atoms with van der Waals surface area (Å²) in [4.78, 5) is 12.8. The van der Waals surface area contributed by atoms with E-state index in [4.69, 9.17) is 23.7 Å². The highest BCUT2D eigenvalue weighted by molar-refractivity contribution is 5.94. The third-order valence-corrected chi connectivity index (χ3v) is 4.52. The largest absolute Gasteiger partial charge is 0.342 e. The van der Waals surface area contributed by atoms with Gasteiger partial charge < -0.3 is 29.0 Å². The average molecular weight is 367 g/mol. The Morgan fingerprint density at radius 1 is 0.923 bits per heavy atom. The van der Waals surface area contributed by atoms with Crippen LogP contribution in [-0.2, 0) is 28.5 Å². The highest BCUT2D eigenvalue weighted by atomic mass is 19.1. The van der Waals surface area contributed by atoms with Crippen molar-refractivity contribution in [3.05, 3.63) is 30.1 Å². The van der Waals surface area contributed by atoms with Gasteiger partial charge in [0, 0.05) is 5.69 Å². The summed E-state index contributed by atoms with van der Waals surface area (Å²) < 4.78 is 42.5. The zero-order valence-electron chi connectivity index (χ0n) is 15.0. The lowest BCUT2D eigenvalue weighted by atomic mass is 9.98. The molecule has 1 amide bonds. The van der Waals surface area contributed by atoms with Crippen molar-refractivity contribution in [3.8, 4) is 0 Å². The fourth-order valence-corrected chi connectivity index (χ4v) is 3.57. The second-order valence-corrected chi connectivity index (χ2v) is 7.59. The van der Waals surface area contributed by atoms with Gasteiger partial charge in [-0.05, 0) is 52.0 Å². The molecule has 8 heteroatoms. The van der Waals surface area contributed by atoms with Gasteiger partial charge in [-0.3, -0.25) is 4.79 Å². The summed E-state index contributed by atoms with van der Waals surface area (Å²) in [6.45, 7) is 7.10. The molecule has 3 aliphatic rings. The van der Waals surface area contributed by atoms with Crippen LogP contribution < -0.4 is 5.32 Å². The highest BCUT2D eigenvalue weighted by Crippen LogP contribution is 2.44. The molecule has 3 aliphatic heterocycles. The van der Waals surface area contributed by atoms with Crippen molar-refractivity contribution < 1.29 is 32.9 Å². The minimum Gasteiger partial charge on any atom is -0.342 e. The SMILES string of the molecule is CC1(C)O[C@@H]2O[C@H](C(=O)Nc3ccc(F)cc3)[C@@H]3OC(C)(C)O[C@H]3[C@@H]2O1. The molecule has 0 aromatic heterocycles. The van der Waals surface area contributed by atoms with Crippen LogP contribution >= 0.6 is 0 Å². The quantitative estimate of drug-likeness (QED) is 0.863. The van der Waals surface area contributed by atoms with Crippen LogP contribution in [0.25, 0.3) is 0 Å². The summed E-state index contributed by atoms with van der Waals surface area (Å²) in [7, 11) is 0. The summed E-state index contributed by atoms with van der Waals surface area (Å²) in [5.74, 6) is -2.52. The molecule has 1 aromatic carbocycles. The maximum atomic E-state index is 13.1. The molecule has 4 rings (SSSR count). The van der Waals surface area contributed by atoms with Crippen molar-refractivity contribution in [3.63, 3.8) is 0 Å². The fourth-order valence-electron chi connectivity index (χ4n) is 3.57. The number of hydrogen-bond donors (Lipinski definition) is 1. The molecular formula is C18H22FNO6. The summed E-state index contributed by atoms with van der Waals surface area (Å²) in [6.07, 6.45) is -3.34. The highest BCUT2D eigenvalue weighted by Gasteiger charge is 2.62. The predicted octanol–water partition coefficient (Wildman–Crippen LogP) is 2.16. The van der Waals surface area contributed by atoms with Gasteiger partial charge in [0.05, 0.1) is 0 Å². The first-order valence-electron chi connectivity index (χ1n) is 8.57. The van der Waals surface area contributed by atoms with E-state index in [2.05, 4.69) is 5.32 Å². The van der Waals surface area contributed by atoms with Gasteiger partial charge in [-0.2, -0.15) is 0 Å². The molecule has 1 aromatic rings. The second kappa shape index (κ2) is 5.97. The zero-order valence-corrected chi connectivity index (χ0v) is 15.0. The van der Waals surface area contributed by atoms with Crippen molar-refractivity contribution in [2.24, 2.45) is 0 Å². The minimum absolute atomic E-state index is 0.382. The lowest BCUT2D eigenvalue weighted by Gasteiger charge is -2.36. The molecule has 7 nitrogen and oxygen atoms in total. The Balaban J connectivity index is 1.57. The third-order valence-electron chi connectivity index (χ3n) is 4.52. The van der Waals surface area contributed by atoms with E-state index < -0.39 is 48.2 Å². The lowest BCUT2D eigenvalue weighted by molar-refractivity contribution is -0.229. The number of amides is 1. The first kappa shape index (κ1) is 17.8. The van der Waals surface area contributed by atoms with Crippen LogP contribution in [0.1, 0.15) is 27.7 Å². The standard InChI is InChI=1S/C18H22FNO6/c1-17(2)23-11-12(24-17)14-16(26-18(3,4)25-14)22-13(11)15(21)20-10-7-5-9(19)6-8-10/h5-8,11-14,16H,1-4H3,(H,20,21)/t11-,12-,13+,14+,16+/m1/s1. The van der Waals surface area contributed by atoms with Gasteiger partial charge in [-0.1, -0.05) is 0 Å². The molecule has 1 N–H and O–H groups in total. The van der Waals surface area contributed by atoms with Gasteiger partial charge >= 0.3 is 0 Å². The Morgan fingerprint density at radius 3 is 2.19 bits per heavy atom. The first-order valence-corrected chi connectivity index (χ1v) is 8.57. The monoisotopic (exact) mass is 367 g/mol. The van der Waals surface area contributed by atoms with Crippen LogP contribution in [-0.4, -0.2) is 48.2 Å². The molecule has 3 heterocycles. The van der Waals surface area contributed by atoms with Gasteiger partial charge in [0.25, 0.3) is 5.91 Å². The fraction of sp³-hybridized carbons (Fsp3) is 0.611. The minimum atomic E-state index is -0.953. The maximum Gasteiger partial charge on any atom is 0.256 e. The smallest absolute Gasteiger partial charge is 0.256 e. The molecular weight excluding hydrogens is 345 g/mol. The zero-order chi connectivity index (χ0) is 18.7. The number of nitrogens with one attached hydrogen (secondary N) is 1. The molecule has 142 valence electrons. The van der Waals surface area contributed by atoms with Crippen molar-refractivity contribution in [1.82, 2.24) is 0 Å². The molecule has 0 saturated carbocycles. The third kappa shape index (κ3) is 3.23. The molecule has 0 spiro atoms. The second-order valence-electron chi connectivity index (χ2n) is 7.59. The average Bonchev–Trinajstić information content (AvgIpc) is 3.02. The number of carbonyl (C=O) groups is 1. The molecule has 3 fully saturated rings. The maximum absolute atomic E-state index is 13.1. The number of hydrogen-bond acceptors (Lipinski definition) is 6. The van der Waals surface area contributed by atoms with Crippen molar-refractivity contribution in [2.75, 3.05) is 5.32 Å². The lowest BCUT2D eigenvalue weighted by Crippen LogP contribution is -2.58. The molecule has 0 radical (unpaired) electrons. The predicted molar refractivity (Wildman–Crippen MR) is 87.6 cm³/mol. The number of rotatable bonds is 2. The number of fused-ring (bicyclic) bond motifs is 3.